The van der Waals surface area contributed by atoms with Crippen LogP contribution in [0.5, 0.6) is 0 Å². The van der Waals surface area contributed by atoms with E-state index in [4.69, 9.17) is 14.2 Å². The molecule has 4 unspecified atom stereocenters. The molecule has 4 fully saturated rings. The molecule has 120 valence electrons. The van der Waals surface area contributed by atoms with E-state index in [1.807, 2.05) is 0 Å². The lowest BCUT2D eigenvalue weighted by atomic mass is 9.82. The molecule has 0 amide bonds. The summed E-state index contributed by atoms with van der Waals surface area (Å²) in [6, 6.07) is 0. The van der Waals surface area contributed by atoms with E-state index in [-0.39, 0.29) is 0 Å². The van der Waals surface area contributed by atoms with Gasteiger partial charge in [-0.2, -0.15) is 0 Å². The molecule has 4 aliphatic rings. The number of ether oxygens (including phenoxy) is 3. The Hall–Kier alpha value is -0.120. The molecule has 4 atom stereocenters. The molecule has 0 N–H and O–H groups in total. The van der Waals surface area contributed by atoms with Crippen molar-refractivity contribution >= 4 is 0 Å². The monoisotopic (exact) mass is 294 g/mol. The summed E-state index contributed by atoms with van der Waals surface area (Å²) in [6.45, 7) is 1.84. The molecule has 0 aromatic rings. The van der Waals surface area contributed by atoms with Crippen molar-refractivity contribution in [2.75, 3.05) is 13.2 Å². The van der Waals surface area contributed by atoms with Gasteiger partial charge in [0.05, 0.1) is 25.4 Å². The van der Waals surface area contributed by atoms with E-state index < -0.39 is 0 Å². The average Bonchev–Trinajstić information content (AvgIpc) is 3.43. The Morgan fingerprint density at radius 1 is 0.619 bits per heavy atom. The van der Waals surface area contributed by atoms with Crippen LogP contribution in [0.15, 0.2) is 0 Å². The molecule has 3 heteroatoms. The molecule has 0 aromatic carbocycles. The second-order valence-corrected chi connectivity index (χ2v) is 7.61. The van der Waals surface area contributed by atoms with Crippen LogP contribution in [-0.2, 0) is 14.2 Å². The van der Waals surface area contributed by atoms with Crippen molar-refractivity contribution in [3.05, 3.63) is 0 Å². The van der Waals surface area contributed by atoms with E-state index in [0.717, 1.165) is 25.0 Å². The molecular weight excluding hydrogens is 264 g/mol. The predicted molar refractivity (Wildman–Crippen MR) is 81.3 cm³/mol. The van der Waals surface area contributed by atoms with Crippen LogP contribution in [0.2, 0.25) is 0 Å². The third kappa shape index (κ3) is 3.62. The van der Waals surface area contributed by atoms with Gasteiger partial charge >= 0.3 is 0 Å². The Balaban J connectivity index is 1.41. The molecule has 4 rings (SSSR count). The van der Waals surface area contributed by atoms with Crippen LogP contribution >= 0.6 is 0 Å². The first-order valence-electron chi connectivity index (χ1n) is 9.30. The standard InChI is InChI=1S/C18H30O3/c1-3-7-13(8-4-1)17(15-11-19-15)21-18(16-12-20-16)14-9-5-2-6-10-14/h13-18H,1-12H2. The van der Waals surface area contributed by atoms with Crippen LogP contribution in [0.3, 0.4) is 0 Å². The summed E-state index contributed by atoms with van der Waals surface area (Å²) in [5, 5.41) is 0. The fourth-order valence-electron chi connectivity index (χ4n) is 4.60. The van der Waals surface area contributed by atoms with E-state index >= 15 is 0 Å². The molecule has 2 heterocycles. The van der Waals surface area contributed by atoms with Crippen LogP contribution in [0, 0.1) is 11.8 Å². The first-order valence-corrected chi connectivity index (χ1v) is 9.30. The molecule has 0 spiro atoms. The first-order chi connectivity index (χ1) is 10.4. The number of hydrogen-bond donors (Lipinski definition) is 0. The fraction of sp³-hybridized carbons (Fsp3) is 1.00. The SMILES string of the molecule is C1CCC(C(OC(C2CCCCC2)C2CO2)C2CO2)CC1. The third-order valence-corrected chi connectivity index (χ3v) is 5.99. The molecule has 2 aliphatic carbocycles. The molecule has 0 aromatic heterocycles. The lowest BCUT2D eigenvalue weighted by Gasteiger charge is -2.36. The summed E-state index contributed by atoms with van der Waals surface area (Å²) in [6.07, 6.45) is 15.2. The lowest BCUT2D eigenvalue weighted by molar-refractivity contribution is -0.1000. The highest BCUT2D eigenvalue weighted by molar-refractivity contribution is 4.93. The van der Waals surface area contributed by atoms with E-state index in [0.29, 0.717) is 24.4 Å². The van der Waals surface area contributed by atoms with Crippen LogP contribution in [0.4, 0.5) is 0 Å². The molecule has 2 saturated carbocycles. The maximum Gasteiger partial charge on any atom is 0.107 e. The molecule has 0 bridgehead atoms. The van der Waals surface area contributed by atoms with Crippen LogP contribution in [0.1, 0.15) is 64.2 Å². The van der Waals surface area contributed by atoms with Crippen molar-refractivity contribution in [1.82, 2.24) is 0 Å². The van der Waals surface area contributed by atoms with Crippen LogP contribution in [-0.4, -0.2) is 37.6 Å². The quantitative estimate of drug-likeness (QED) is 0.701. The minimum Gasteiger partial charge on any atom is -0.370 e. The number of epoxide rings is 2. The maximum atomic E-state index is 6.73. The van der Waals surface area contributed by atoms with Crippen molar-refractivity contribution in [3.63, 3.8) is 0 Å². The highest BCUT2D eigenvalue weighted by Gasteiger charge is 2.46. The summed E-state index contributed by atoms with van der Waals surface area (Å²) in [4.78, 5) is 0. The Bertz CT molecular complexity index is 293. The fourth-order valence-corrected chi connectivity index (χ4v) is 4.60. The van der Waals surface area contributed by atoms with Crippen LogP contribution in [0.25, 0.3) is 0 Å². The smallest absolute Gasteiger partial charge is 0.107 e. The Kier molecular flexibility index (Phi) is 4.52. The van der Waals surface area contributed by atoms with Crippen molar-refractivity contribution in [1.29, 1.82) is 0 Å². The molecule has 21 heavy (non-hydrogen) atoms. The summed E-state index contributed by atoms with van der Waals surface area (Å²) in [5.74, 6) is 1.46. The average molecular weight is 294 g/mol. The maximum absolute atomic E-state index is 6.73. The zero-order chi connectivity index (χ0) is 14.1. The van der Waals surface area contributed by atoms with E-state index in [1.165, 1.54) is 64.2 Å². The Morgan fingerprint density at radius 2 is 1.00 bits per heavy atom. The summed E-state index contributed by atoms with van der Waals surface area (Å²) >= 11 is 0. The van der Waals surface area contributed by atoms with E-state index in [9.17, 15) is 0 Å². The lowest BCUT2D eigenvalue weighted by Crippen LogP contribution is -2.40. The normalized spacial score (nSPS) is 37.1. The molecular formula is C18H30O3. The summed E-state index contributed by atoms with van der Waals surface area (Å²) in [5.41, 5.74) is 0. The van der Waals surface area contributed by atoms with E-state index in [1.54, 1.807) is 0 Å². The topological polar surface area (TPSA) is 34.3 Å². The van der Waals surface area contributed by atoms with Gasteiger partial charge in [0.1, 0.15) is 12.2 Å². The predicted octanol–water partition coefficient (Wildman–Crippen LogP) is 3.70. The highest BCUT2D eigenvalue weighted by Crippen LogP contribution is 2.39. The highest BCUT2D eigenvalue weighted by atomic mass is 16.6. The summed E-state index contributed by atoms with van der Waals surface area (Å²) < 4.78 is 18.0. The Labute approximate surface area is 128 Å². The number of hydrogen-bond acceptors (Lipinski definition) is 3. The largest absolute Gasteiger partial charge is 0.370 e. The Morgan fingerprint density at radius 3 is 1.33 bits per heavy atom. The third-order valence-electron chi connectivity index (χ3n) is 5.99. The molecule has 2 aliphatic heterocycles. The summed E-state index contributed by atoms with van der Waals surface area (Å²) in [7, 11) is 0. The van der Waals surface area contributed by atoms with E-state index in [2.05, 4.69) is 0 Å². The zero-order valence-corrected chi connectivity index (χ0v) is 13.2. The zero-order valence-electron chi connectivity index (χ0n) is 13.2. The van der Waals surface area contributed by atoms with Gasteiger partial charge in [-0.05, 0) is 37.5 Å². The van der Waals surface area contributed by atoms with Gasteiger partial charge in [-0.15, -0.1) is 0 Å². The van der Waals surface area contributed by atoms with Gasteiger partial charge in [0.15, 0.2) is 0 Å². The van der Waals surface area contributed by atoms with Crippen LogP contribution < -0.4 is 0 Å². The minimum atomic E-state index is 0.349. The van der Waals surface area contributed by atoms with Crippen molar-refractivity contribution in [2.24, 2.45) is 11.8 Å². The van der Waals surface area contributed by atoms with Gasteiger partial charge in [0.25, 0.3) is 0 Å². The first kappa shape index (κ1) is 14.5. The van der Waals surface area contributed by atoms with Gasteiger partial charge in [0.2, 0.25) is 0 Å². The van der Waals surface area contributed by atoms with Gasteiger partial charge in [-0.1, -0.05) is 38.5 Å². The molecule has 0 radical (unpaired) electrons. The van der Waals surface area contributed by atoms with Gasteiger partial charge in [-0.25, -0.2) is 0 Å². The van der Waals surface area contributed by atoms with Gasteiger partial charge in [-0.3, -0.25) is 0 Å². The van der Waals surface area contributed by atoms with Crippen molar-refractivity contribution < 1.29 is 14.2 Å². The second kappa shape index (κ2) is 6.55. The number of rotatable bonds is 6. The van der Waals surface area contributed by atoms with Gasteiger partial charge in [0, 0.05) is 0 Å². The molecule has 3 nitrogen and oxygen atoms in total. The minimum absolute atomic E-state index is 0.349. The van der Waals surface area contributed by atoms with Crippen molar-refractivity contribution in [2.45, 2.75) is 88.6 Å². The van der Waals surface area contributed by atoms with Crippen molar-refractivity contribution in [3.8, 4) is 0 Å². The second-order valence-electron chi connectivity index (χ2n) is 7.61. The van der Waals surface area contributed by atoms with Gasteiger partial charge < -0.3 is 14.2 Å². The molecule has 2 saturated heterocycles.